The maximum absolute atomic E-state index is 13.1. The first kappa shape index (κ1) is 18.5. The molecule has 7 rings (SSSR count). The third-order valence-corrected chi connectivity index (χ3v) is 8.23. The molecule has 6 heteroatoms. The molecule has 6 nitrogen and oxygen atoms in total. The van der Waals surface area contributed by atoms with Crippen molar-refractivity contribution in [3.8, 4) is 11.5 Å². The van der Waals surface area contributed by atoms with E-state index in [2.05, 4.69) is 0 Å². The smallest absolute Gasteiger partial charge is 0.254 e. The van der Waals surface area contributed by atoms with E-state index in [4.69, 9.17) is 9.47 Å². The van der Waals surface area contributed by atoms with Crippen LogP contribution in [0.5, 0.6) is 11.5 Å². The maximum atomic E-state index is 13.1. The minimum Gasteiger partial charge on any atom is -0.454 e. The molecule has 0 spiro atoms. The molecule has 2 aliphatic heterocycles. The molecule has 0 radical (unpaired) electrons. The molecule has 0 aromatic heterocycles. The molecule has 4 saturated carbocycles. The van der Waals surface area contributed by atoms with Crippen LogP contribution in [0, 0.1) is 23.2 Å². The molecule has 4 bridgehead atoms. The van der Waals surface area contributed by atoms with Crippen LogP contribution in [0.15, 0.2) is 18.2 Å². The van der Waals surface area contributed by atoms with Gasteiger partial charge in [-0.1, -0.05) is 0 Å². The van der Waals surface area contributed by atoms with Gasteiger partial charge in [-0.15, -0.1) is 0 Å². The summed E-state index contributed by atoms with van der Waals surface area (Å²) in [5.74, 6) is 4.26. The molecular formula is C24H30N2O4. The highest BCUT2D eigenvalue weighted by Gasteiger charge is 2.51. The lowest BCUT2D eigenvalue weighted by atomic mass is 9.49. The first-order chi connectivity index (χ1) is 14.6. The Kier molecular flexibility index (Phi) is 4.26. The predicted molar refractivity (Wildman–Crippen MR) is 110 cm³/mol. The summed E-state index contributed by atoms with van der Waals surface area (Å²) in [6.07, 6.45) is 8.77. The topological polar surface area (TPSA) is 59.1 Å². The van der Waals surface area contributed by atoms with E-state index in [0.717, 1.165) is 24.2 Å². The van der Waals surface area contributed by atoms with Crippen LogP contribution in [0.3, 0.4) is 0 Å². The van der Waals surface area contributed by atoms with Crippen molar-refractivity contribution in [1.82, 2.24) is 9.80 Å². The van der Waals surface area contributed by atoms with Gasteiger partial charge >= 0.3 is 0 Å². The van der Waals surface area contributed by atoms with Gasteiger partial charge in [-0.25, -0.2) is 0 Å². The number of carbonyl (C=O) groups excluding carboxylic acids is 2. The summed E-state index contributed by atoms with van der Waals surface area (Å²) in [6.45, 7) is 2.68. The van der Waals surface area contributed by atoms with Crippen LogP contribution in [-0.4, -0.2) is 54.6 Å². The summed E-state index contributed by atoms with van der Waals surface area (Å²) in [6, 6.07) is 5.34. The molecule has 0 atom stereocenters. The number of ether oxygens (including phenoxy) is 2. The zero-order valence-electron chi connectivity index (χ0n) is 17.5. The number of benzene rings is 1. The monoisotopic (exact) mass is 410 g/mol. The van der Waals surface area contributed by atoms with E-state index in [1.165, 1.54) is 38.5 Å². The number of hydrogen-bond donors (Lipinski definition) is 0. The summed E-state index contributed by atoms with van der Waals surface area (Å²) in [5.41, 5.74) is 0.901. The molecule has 0 unspecified atom stereocenters. The van der Waals surface area contributed by atoms with E-state index < -0.39 is 0 Å². The molecule has 1 aromatic rings. The molecule has 5 fully saturated rings. The number of amides is 2. The van der Waals surface area contributed by atoms with Crippen LogP contribution in [0.1, 0.15) is 55.3 Å². The van der Waals surface area contributed by atoms with Gasteiger partial charge in [-0.2, -0.15) is 0 Å². The third kappa shape index (κ3) is 3.15. The maximum Gasteiger partial charge on any atom is 0.254 e. The lowest BCUT2D eigenvalue weighted by molar-refractivity contribution is -0.141. The van der Waals surface area contributed by atoms with Crippen LogP contribution in [-0.2, 0) is 4.79 Å². The summed E-state index contributed by atoms with van der Waals surface area (Å²) in [5, 5.41) is 0. The average Bonchev–Trinajstić information content (AvgIpc) is 3.20. The lowest BCUT2D eigenvalue weighted by Gasteiger charge is -2.57. The number of piperazine rings is 1. The molecule has 2 amide bonds. The van der Waals surface area contributed by atoms with Crippen LogP contribution < -0.4 is 9.47 Å². The third-order valence-electron chi connectivity index (χ3n) is 8.23. The van der Waals surface area contributed by atoms with E-state index in [0.29, 0.717) is 49.1 Å². The molecule has 1 saturated heterocycles. The zero-order chi connectivity index (χ0) is 20.3. The zero-order valence-corrected chi connectivity index (χ0v) is 17.5. The first-order valence-electron chi connectivity index (χ1n) is 11.5. The van der Waals surface area contributed by atoms with Crippen molar-refractivity contribution in [2.24, 2.45) is 23.2 Å². The Morgan fingerprint density at radius 2 is 1.47 bits per heavy atom. The number of rotatable bonds is 3. The van der Waals surface area contributed by atoms with Crippen molar-refractivity contribution in [3.05, 3.63) is 23.8 Å². The van der Waals surface area contributed by atoms with Gasteiger partial charge in [0.05, 0.1) is 0 Å². The van der Waals surface area contributed by atoms with E-state index in [1.54, 1.807) is 18.2 Å². The summed E-state index contributed by atoms with van der Waals surface area (Å²) >= 11 is 0. The fourth-order valence-corrected chi connectivity index (χ4v) is 7.31. The summed E-state index contributed by atoms with van der Waals surface area (Å²) in [4.78, 5) is 29.9. The van der Waals surface area contributed by atoms with E-state index in [1.807, 2.05) is 9.80 Å². The second-order valence-electron chi connectivity index (χ2n) is 10.3. The minimum atomic E-state index is 0.00137. The van der Waals surface area contributed by atoms with Crippen molar-refractivity contribution in [3.63, 3.8) is 0 Å². The van der Waals surface area contributed by atoms with Gasteiger partial charge in [0.25, 0.3) is 5.91 Å². The number of nitrogens with zero attached hydrogens (tertiary/aromatic N) is 2. The standard InChI is InChI=1S/C24H30N2O4/c27-22(14-24-11-16-7-17(12-24)9-18(8-16)13-24)25-3-5-26(6-4-25)23(28)19-1-2-20-21(10-19)30-15-29-20/h1-2,10,16-18H,3-9,11-15H2. The Labute approximate surface area is 177 Å². The predicted octanol–water partition coefficient (Wildman–Crippen LogP) is 3.31. The lowest BCUT2D eigenvalue weighted by Crippen LogP contribution is -2.53. The van der Waals surface area contributed by atoms with Gasteiger partial charge in [-0.05, 0) is 79.9 Å². The van der Waals surface area contributed by atoms with Gasteiger partial charge in [0.2, 0.25) is 12.7 Å². The van der Waals surface area contributed by atoms with Crippen LogP contribution in [0.4, 0.5) is 0 Å². The second kappa shape index (κ2) is 6.89. The Morgan fingerprint density at radius 3 is 2.13 bits per heavy atom. The highest BCUT2D eigenvalue weighted by Crippen LogP contribution is 2.61. The van der Waals surface area contributed by atoms with Crippen LogP contribution in [0.25, 0.3) is 0 Å². The van der Waals surface area contributed by atoms with E-state index >= 15 is 0 Å². The minimum absolute atomic E-state index is 0.00137. The Hall–Kier alpha value is -2.24. The quantitative estimate of drug-likeness (QED) is 0.767. The molecule has 1 aromatic carbocycles. The molecule has 30 heavy (non-hydrogen) atoms. The molecular weight excluding hydrogens is 380 g/mol. The summed E-state index contributed by atoms with van der Waals surface area (Å²) < 4.78 is 10.7. The highest BCUT2D eigenvalue weighted by molar-refractivity contribution is 5.95. The Morgan fingerprint density at radius 1 is 0.867 bits per heavy atom. The molecule has 6 aliphatic rings. The largest absolute Gasteiger partial charge is 0.454 e. The highest BCUT2D eigenvalue weighted by atomic mass is 16.7. The van der Waals surface area contributed by atoms with Crippen molar-refractivity contribution in [2.75, 3.05) is 33.0 Å². The molecule has 2 heterocycles. The second-order valence-corrected chi connectivity index (χ2v) is 10.3. The SMILES string of the molecule is O=C(CC12CC3CC(CC(C3)C1)C2)N1CCN(C(=O)c2ccc3c(c2)OCO3)CC1. The number of carbonyl (C=O) groups is 2. The van der Waals surface area contributed by atoms with Crippen molar-refractivity contribution in [1.29, 1.82) is 0 Å². The van der Waals surface area contributed by atoms with Gasteiger partial charge in [-0.3, -0.25) is 9.59 Å². The van der Waals surface area contributed by atoms with Gasteiger partial charge in [0.1, 0.15) is 0 Å². The number of hydrogen-bond acceptors (Lipinski definition) is 4. The molecule has 4 aliphatic carbocycles. The Balaban J connectivity index is 1.06. The van der Waals surface area contributed by atoms with Gasteiger partial charge < -0.3 is 19.3 Å². The molecule has 160 valence electrons. The van der Waals surface area contributed by atoms with Crippen molar-refractivity contribution in [2.45, 2.75) is 44.9 Å². The number of fused-ring (bicyclic) bond motifs is 1. The van der Waals surface area contributed by atoms with Gasteiger partial charge in [0.15, 0.2) is 11.5 Å². The molecule has 0 N–H and O–H groups in total. The van der Waals surface area contributed by atoms with E-state index in [-0.39, 0.29) is 18.1 Å². The average molecular weight is 411 g/mol. The van der Waals surface area contributed by atoms with Crippen molar-refractivity contribution >= 4 is 11.8 Å². The summed E-state index contributed by atoms with van der Waals surface area (Å²) in [7, 11) is 0. The fraction of sp³-hybridized carbons (Fsp3) is 0.667. The fourth-order valence-electron chi connectivity index (χ4n) is 7.31. The van der Waals surface area contributed by atoms with Gasteiger partial charge in [0, 0.05) is 38.2 Å². The Bertz CT molecular complexity index is 839. The van der Waals surface area contributed by atoms with Crippen molar-refractivity contribution < 1.29 is 19.1 Å². The first-order valence-corrected chi connectivity index (χ1v) is 11.5. The normalized spacial score (nSPS) is 33.8. The van der Waals surface area contributed by atoms with Crippen LogP contribution >= 0.6 is 0 Å². The van der Waals surface area contributed by atoms with E-state index in [9.17, 15) is 9.59 Å². The van der Waals surface area contributed by atoms with Crippen LogP contribution in [0.2, 0.25) is 0 Å².